The predicted molar refractivity (Wildman–Crippen MR) is 82.1 cm³/mol. The zero-order chi connectivity index (χ0) is 14.5. The maximum atomic E-state index is 11.9. The molecule has 20 heavy (non-hydrogen) atoms. The molecule has 2 rings (SSSR count). The molecule has 0 radical (unpaired) electrons. The second kappa shape index (κ2) is 6.47. The molecule has 0 amide bonds. The number of benzene rings is 2. The standard InChI is InChI=1S/C14H10INO4/c15-11-3-1-10(2-4-11)14(17)9-20-13-7-5-12(6-8-13)16(18)19/h1-8H,9H2. The van der Waals surface area contributed by atoms with Crippen molar-refractivity contribution in [3.05, 3.63) is 67.8 Å². The van der Waals surface area contributed by atoms with Crippen LogP contribution in [-0.4, -0.2) is 17.3 Å². The molecule has 2 aromatic carbocycles. The molecule has 6 heteroatoms. The third-order valence-electron chi connectivity index (χ3n) is 2.58. The molecule has 102 valence electrons. The number of Topliss-reactive ketones (excluding diaryl/α,β-unsaturated/α-hetero) is 1. The Morgan fingerprint density at radius 2 is 1.70 bits per heavy atom. The number of carbonyl (C=O) groups is 1. The Labute approximate surface area is 128 Å². The maximum absolute atomic E-state index is 11.9. The molecule has 0 spiro atoms. The molecule has 0 saturated carbocycles. The SMILES string of the molecule is O=C(COc1ccc([N+](=O)[O-])cc1)c1ccc(I)cc1. The van der Waals surface area contributed by atoms with Gasteiger partial charge in [0.1, 0.15) is 5.75 Å². The lowest BCUT2D eigenvalue weighted by molar-refractivity contribution is -0.384. The summed E-state index contributed by atoms with van der Waals surface area (Å²) >= 11 is 2.16. The van der Waals surface area contributed by atoms with Crippen LogP contribution in [0.5, 0.6) is 5.75 Å². The molecule has 0 atom stereocenters. The summed E-state index contributed by atoms with van der Waals surface area (Å²) in [5.41, 5.74) is 0.564. The second-order valence-electron chi connectivity index (χ2n) is 3.97. The normalized spacial score (nSPS) is 10.1. The van der Waals surface area contributed by atoms with Gasteiger partial charge in [-0.3, -0.25) is 14.9 Å². The van der Waals surface area contributed by atoms with Gasteiger partial charge in [-0.1, -0.05) is 12.1 Å². The number of hydrogen-bond acceptors (Lipinski definition) is 4. The number of nitro groups is 1. The average molecular weight is 383 g/mol. The fourth-order valence-electron chi connectivity index (χ4n) is 1.53. The highest BCUT2D eigenvalue weighted by molar-refractivity contribution is 14.1. The summed E-state index contributed by atoms with van der Waals surface area (Å²) < 4.78 is 6.36. The molecule has 0 saturated heterocycles. The summed E-state index contributed by atoms with van der Waals surface area (Å²) in [5.74, 6) is 0.286. The van der Waals surface area contributed by atoms with E-state index >= 15 is 0 Å². The minimum atomic E-state index is -0.486. The zero-order valence-corrected chi connectivity index (χ0v) is 12.4. The third-order valence-corrected chi connectivity index (χ3v) is 3.30. The van der Waals surface area contributed by atoms with Gasteiger partial charge in [0.2, 0.25) is 0 Å². The quantitative estimate of drug-likeness (QED) is 0.343. The first-order valence-corrected chi connectivity index (χ1v) is 6.80. The molecule has 0 aromatic heterocycles. The van der Waals surface area contributed by atoms with Gasteiger partial charge in [0, 0.05) is 21.3 Å². The number of non-ortho nitro benzene ring substituents is 1. The Morgan fingerprint density at radius 1 is 1.10 bits per heavy atom. The van der Waals surface area contributed by atoms with Gasteiger partial charge in [0.05, 0.1) is 4.92 Å². The van der Waals surface area contributed by atoms with Crippen LogP contribution < -0.4 is 4.74 Å². The van der Waals surface area contributed by atoms with Crippen molar-refractivity contribution in [2.45, 2.75) is 0 Å². The summed E-state index contributed by atoms with van der Waals surface area (Å²) in [4.78, 5) is 21.9. The van der Waals surface area contributed by atoms with Crippen molar-refractivity contribution in [3.63, 3.8) is 0 Å². The largest absolute Gasteiger partial charge is 0.485 e. The Kier molecular flexibility index (Phi) is 4.67. The van der Waals surface area contributed by atoms with Crippen LogP contribution in [0.2, 0.25) is 0 Å². The van der Waals surface area contributed by atoms with Crippen LogP contribution in [0.25, 0.3) is 0 Å². The minimum absolute atomic E-state index is 0.0127. The Morgan fingerprint density at radius 3 is 2.25 bits per heavy atom. The number of nitrogens with zero attached hydrogens (tertiary/aromatic N) is 1. The first-order chi connectivity index (χ1) is 9.56. The van der Waals surface area contributed by atoms with Crippen LogP contribution in [0, 0.1) is 13.7 Å². The monoisotopic (exact) mass is 383 g/mol. The maximum Gasteiger partial charge on any atom is 0.269 e. The van der Waals surface area contributed by atoms with Gasteiger partial charge in [0.25, 0.3) is 5.69 Å². The topological polar surface area (TPSA) is 69.4 Å². The predicted octanol–water partition coefficient (Wildman–Crippen LogP) is 3.46. The molecule has 5 nitrogen and oxygen atoms in total. The van der Waals surface area contributed by atoms with Crippen molar-refractivity contribution in [3.8, 4) is 5.75 Å². The third kappa shape index (κ3) is 3.77. The molecule has 0 heterocycles. The van der Waals surface area contributed by atoms with E-state index in [4.69, 9.17) is 4.74 Å². The van der Waals surface area contributed by atoms with Crippen molar-refractivity contribution >= 4 is 34.1 Å². The molecule has 0 aliphatic heterocycles. The van der Waals surface area contributed by atoms with Crippen LogP contribution in [0.3, 0.4) is 0 Å². The van der Waals surface area contributed by atoms with E-state index < -0.39 is 4.92 Å². The molecule has 2 aromatic rings. The summed E-state index contributed by atoms with van der Waals surface area (Å²) in [6.45, 7) is -0.0988. The fraction of sp³-hybridized carbons (Fsp3) is 0.0714. The Hall–Kier alpha value is -1.96. The van der Waals surface area contributed by atoms with E-state index in [2.05, 4.69) is 22.6 Å². The molecular weight excluding hydrogens is 373 g/mol. The number of hydrogen-bond donors (Lipinski definition) is 0. The zero-order valence-electron chi connectivity index (χ0n) is 10.3. The highest BCUT2D eigenvalue weighted by atomic mass is 127. The van der Waals surface area contributed by atoms with Crippen LogP contribution in [0.15, 0.2) is 48.5 Å². The molecule has 0 aliphatic rings. The lowest BCUT2D eigenvalue weighted by Crippen LogP contribution is -2.11. The van der Waals surface area contributed by atoms with Gasteiger partial charge in [-0.2, -0.15) is 0 Å². The van der Waals surface area contributed by atoms with Gasteiger partial charge in [0.15, 0.2) is 12.4 Å². The van der Waals surface area contributed by atoms with E-state index in [0.29, 0.717) is 11.3 Å². The number of halogens is 1. The Balaban J connectivity index is 1.96. The van der Waals surface area contributed by atoms with E-state index in [0.717, 1.165) is 3.57 Å². The van der Waals surface area contributed by atoms with Crippen LogP contribution in [0.1, 0.15) is 10.4 Å². The van der Waals surface area contributed by atoms with E-state index in [1.807, 2.05) is 12.1 Å². The highest BCUT2D eigenvalue weighted by Crippen LogP contribution is 2.17. The molecule has 0 unspecified atom stereocenters. The summed E-state index contributed by atoms with van der Waals surface area (Å²) in [5, 5.41) is 10.5. The van der Waals surface area contributed by atoms with Crippen molar-refractivity contribution in [1.29, 1.82) is 0 Å². The molecule has 0 fully saturated rings. The Bertz CT molecular complexity index is 623. The van der Waals surface area contributed by atoms with Crippen LogP contribution in [-0.2, 0) is 0 Å². The highest BCUT2D eigenvalue weighted by Gasteiger charge is 2.08. The van der Waals surface area contributed by atoms with E-state index in [9.17, 15) is 14.9 Å². The average Bonchev–Trinajstić information content (AvgIpc) is 2.46. The van der Waals surface area contributed by atoms with Gasteiger partial charge in [-0.25, -0.2) is 0 Å². The first-order valence-electron chi connectivity index (χ1n) is 5.72. The van der Waals surface area contributed by atoms with Gasteiger partial charge in [-0.15, -0.1) is 0 Å². The number of ketones is 1. The summed E-state index contributed by atoms with van der Waals surface area (Å²) in [7, 11) is 0. The number of ether oxygens (including phenoxy) is 1. The van der Waals surface area contributed by atoms with Crippen molar-refractivity contribution in [2.75, 3.05) is 6.61 Å². The lowest BCUT2D eigenvalue weighted by Gasteiger charge is -2.05. The minimum Gasteiger partial charge on any atom is -0.485 e. The summed E-state index contributed by atoms with van der Waals surface area (Å²) in [6.07, 6.45) is 0. The van der Waals surface area contributed by atoms with Gasteiger partial charge in [-0.05, 0) is 46.9 Å². The second-order valence-corrected chi connectivity index (χ2v) is 5.22. The summed E-state index contributed by atoms with van der Waals surface area (Å²) in [6, 6.07) is 12.8. The van der Waals surface area contributed by atoms with Gasteiger partial charge >= 0.3 is 0 Å². The molecular formula is C14H10INO4. The van der Waals surface area contributed by atoms with Crippen molar-refractivity contribution in [1.82, 2.24) is 0 Å². The molecule has 0 N–H and O–H groups in total. The number of rotatable bonds is 5. The van der Waals surface area contributed by atoms with E-state index in [-0.39, 0.29) is 18.1 Å². The number of carbonyl (C=O) groups excluding carboxylic acids is 1. The molecule has 0 bridgehead atoms. The van der Waals surface area contributed by atoms with Gasteiger partial charge < -0.3 is 4.74 Å². The van der Waals surface area contributed by atoms with E-state index in [1.54, 1.807) is 12.1 Å². The van der Waals surface area contributed by atoms with Crippen molar-refractivity contribution in [2.24, 2.45) is 0 Å². The smallest absolute Gasteiger partial charge is 0.269 e. The molecule has 0 aliphatic carbocycles. The fourth-order valence-corrected chi connectivity index (χ4v) is 1.89. The van der Waals surface area contributed by atoms with Crippen LogP contribution in [0.4, 0.5) is 5.69 Å². The van der Waals surface area contributed by atoms with E-state index in [1.165, 1.54) is 24.3 Å². The van der Waals surface area contributed by atoms with Crippen molar-refractivity contribution < 1.29 is 14.5 Å². The number of nitro benzene ring substituents is 1. The lowest BCUT2D eigenvalue weighted by atomic mass is 10.1. The van der Waals surface area contributed by atoms with Crippen LogP contribution >= 0.6 is 22.6 Å². The first kappa shape index (κ1) is 14.4.